The average Bonchev–Trinajstić information content (AvgIpc) is 2.65. The van der Waals surface area contributed by atoms with Gasteiger partial charge in [0.2, 0.25) is 0 Å². The lowest BCUT2D eigenvalue weighted by Gasteiger charge is -2.04. The molecule has 1 aromatic rings. The van der Waals surface area contributed by atoms with Gasteiger partial charge in [-0.25, -0.2) is 4.79 Å². The third-order valence-electron chi connectivity index (χ3n) is 4.47. The van der Waals surface area contributed by atoms with Gasteiger partial charge in [-0.1, -0.05) is 58.3 Å². The molecule has 0 saturated carbocycles. The number of carboxylic acids is 1. The van der Waals surface area contributed by atoms with E-state index in [1.807, 2.05) is 0 Å². The molecule has 0 fully saturated rings. The maximum atomic E-state index is 10.8. The maximum absolute atomic E-state index is 10.8. The van der Waals surface area contributed by atoms with E-state index in [1.165, 1.54) is 57.8 Å². The zero-order valence-electron chi connectivity index (χ0n) is 16.4. The van der Waals surface area contributed by atoms with E-state index in [4.69, 9.17) is 5.11 Å². The molecule has 26 heavy (non-hydrogen) atoms. The third-order valence-corrected chi connectivity index (χ3v) is 4.47. The molecule has 2 N–H and O–H groups in total. The second kappa shape index (κ2) is 15.3. The maximum Gasteiger partial charge on any atom is 0.335 e. The van der Waals surface area contributed by atoms with E-state index in [1.54, 1.807) is 24.3 Å². The highest BCUT2D eigenvalue weighted by molar-refractivity contribution is 5.87. The summed E-state index contributed by atoms with van der Waals surface area (Å²) in [5, 5.41) is 12.2. The first-order valence-electron chi connectivity index (χ1n) is 10.3. The Hall–Kier alpha value is -1.95. The first-order chi connectivity index (χ1) is 12.7. The Kier molecular flexibility index (Phi) is 13.0. The van der Waals surface area contributed by atoms with Crippen LogP contribution in [0.5, 0.6) is 0 Å². The number of carboxylic acid groups (broad SMARTS) is 1. The molecule has 0 saturated heterocycles. The first-order valence-corrected chi connectivity index (χ1v) is 10.3. The minimum Gasteiger partial charge on any atom is -0.478 e. The van der Waals surface area contributed by atoms with Gasteiger partial charge in [0.15, 0.2) is 0 Å². The fourth-order valence-electron chi connectivity index (χ4n) is 2.84. The molecule has 0 aliphatic carbocycles. The number of hydrogen-bond acceptors (Lipinski definition) is 2. The van der Waals surface area contributed by atoms with E-state index in [0.717, 1.165) is 31.5 Å². The van der Waals surface area contributed by atoms with Crippen molar-refractivity contribution >= 4 is 11.7 Å². The van der Waals surface area contributed by atoms with Crippen molar-refractivity contribution in [3.05, 3.63) is 29.8 Å². The molecule has 0 unspecified atom stereocenters. The molecule has 0 bridgehead atoms. The minimum absolute atomic E-state index is 0.318. The van der Waals surface area contributed by atoms with Crippen molar-refractivity contribution in [2.45, 2.75) is 84.0 Å². The van der Waals surface area contributed by atoms with Crippen molar-refractivity contribution in [1.29, 1.82) is 0 Å². The Morgan fingerprint density at radius 1 is 0.846 bits per heavy atom. The molecule has 0 aliphatic rings. The fourth-order valence-corrected chi connectivity index (χ4v) is 2.84. The van der Waals surface area contributed by atoms with E-state index >= 15 is 0 Å². The third kappa shape index (κ3) is 11.6. The smallest absolute Gasteiger partial charge is 0.335 e. The number of nitrogens with one attached hydrogen (secondary N) is 1. The van der Waals surface area contributed by atoms with Crippen LogP contribution in [0.1, 0.15) is 94.3 Å². The first kappa shape index (κ1) is 22.1. The number of carbonyl (C=O) groups is 1. The van der Waals surface area contributed by atoms with Crippen LogP contribution < -0.4 is 5.32 Å². The Balaban J connectivity index is 1.92. The SMILES string of the molecule is CCCCCCCCCCCC#CCCCNc1ccc(C(=O)O)cc1. The van der Waals surface area contributed by atoms with Crippen molar-refractivity contribution in [3.63, 3.8) is 0 Å². The van der Waals surface area contributed by atoms with E-state index < -0.39 is 5.97 Å². The molecular weight excluding hydrogens is 322 g/mol. The number of anilines is 1. The summed E-state index contributed by atoms with van der Waals surface area (Å²) in [6.45, 7) is 3.12. The van der Waals surface area contributed by atoms with Crippen LogP contribution in [-0.2, 0) is 0 Å². The van der Waals surface area contributed by atoms with E-state index in [-0.39, 0.29) is 0 Å². The molecule has 0 radical (unpaired) electrons. The van der Waals surface area contributed by atoms with Crippen molar-refractivity contribution in [3.8, 4) is 11.8 Å². The van der Waals surface area contributed by atoms with Crippen LogP contribution in [0.15, 0.2) is 24.3 Å². The lowest BCUT2D eigenvalue weighted by atomic mass is 10.1. The molecule has 0 atom stereocenters. The van der Waals surface area contributed by atoms with E-state index in [2.05, 4.69) is 24.1 Å². The van der Waals surface area contributed by atoms with Crippen LogP contribution in [0, 0.1) is 11.8 Å². The molecule has 1 rings (SSSR count). The van der Waals surface area contributed by atoms with Gasteiger partial charge in [-0.3, -0.25) is 0 Å². The van der Waals surface area contributed by atoms with Crippen LogP contribution in [0.2, 0.25) is 0 Å². The van der Waals surface area contributed by atoms with E-state index in [0.29, 0.717) is 5.56 Å². The van der Waals surface area contributed by atoms with Crippen molar-refractivity contribution in [2.24, 2.45) is 0 Å². The molecule has 1 aromatic carbocycles. The van der Waals surface area contributed by atoms with Gasteiger partial charge in [0.25, 0.3) is 0 Å². The zero-order chi connectivity index (χ0) is 18.9. The van der Waals surface area contributed by atoms with Crippen LogP contribution in [-0.4, -0.2) is 17.6 Å². The molecular formula is C23H35NO2. The quantitative estimate of drug-likeness (QED) is 0.295. The molecule has 0 amide bonds. The van der Waals surface area contributed by atoms with Crippen LogP contribution in [0.4, 0.5) is 5.69 Å². The van der Waals surface area contributed by atoms with Gasteiger partial charge in [0, 0.05) is 25.1 Å². The van der Waals surface area contributed by atoms with Crippen LogP contribution in [0.25, 0.3) is 0 Å². The molecule has 3 nitrogen and oxygen atoms in total. The zero-order valence-corrected chi connectivity index (χ0v) is 16.4. The molecule has 0 heterocycles. The highest BCUT2D eigenvalue weighted by atomic mass is 16.4. The largest absolute Gasteiger partial charge is 0.478 e. The second-order valence-corrected chi connectivity index (χ2v) is 6.84. The van der Waals surface area contributed by atoms with Crippen LogP contribution >= 0.6 is 0 Å². The summed E-state index contributed by atoms with van der Waals surface area (Å²) in [4.78, 5) is 10.8. The lowest BCUT2D eigenvalue weighted by molar-refractivity contribution is 0.0697. The van der Waals surface area contributed by atoms with Crippen molar-refractivity contribution in [1.82, 2.24) is 0 Å². The summed E-state index contributed by atoms with van der Waals surface area (Å²) in [7, 11) is 0. The summed E-state index contributed by atoms with van der Waals surface area (Å²) in [6, 6.07) is 6.85. The molecule has 144 valence electrons. The summed E-state index contributed by atoms with van der Waals surface area (Å²) < 4.78 is 0. The molecule has 0 aliphatic heterocycles. The number of hydrogen-bond donors (Lipinski definition) is 2. The van der Waals surface area contributed by atoms with Gasteiger partial charge in [0.1, 0.15) is 0 Å². The molecule has 0 aromatic heterocycles. The fraction of sp³-hybridized carbons (Fsp3) is 0.609. The summed E-state index contributed by atoms with van der Waals surface area (Å²) in [5.41, 5.74) is 1.27. The van der Waals surface area contributed by atoms with Gasteiger partial charge in [0.05, 0.1) is 5.56 Å². The predicted molar refractivity (Wildman–Crippen MR) is 111 cm³/mol. The average molecular weight is 358 g/mol. The summed E-state index contributed by atoms with van der Waals surface area (Å²) in [6.07, 6.45) is 15.2. The minimum atomic E-state index is -0.890. The number of rotatable bonds is 14. The second-order valence-electron chi connectivity index (χ2n) is 6.84. The standard InChI is InChI=1S/C23H35NO2/c1-2-3-4-5-6-7-8-9-10-11-12-13-14-15-20-24-22-18-16-21(17-19-22)23(25)26/h16-19,24H,2-11,14-15,20H2,1H3,(H,25,26). The van der Waals surface area contributed by atoms with Crippen molar-refractivity contribution < 1.29 is 9.90 Å². The van der Waals surface area contributed by atoms with Crippen LogP contribution in [0.3, 0.4) is 0 Å². The molecule has 0 spiro atoms. The number of unbranched alkanes of at least 4 members (excludes halogenated alkanes) is 10. The Morgan fingerprint density at radius 3 is 1.96 bits per heavy atom. The van der Waals surface area contributed by atoms with Gasteiger partial charge in [-0.05, 0) is 37.1 Å². The molecule has 3 heteroatoms. The normalized spacial score (nSPS) is 10.2. The topological polar surface area (TPSA) is 49.3 Å². The lowest BCUT2D eigenvalue weighted by Crippen LogP contribution is -2.02. The van der Waals surface area contributed by atoms with Crippen molar-refractivity contribution in [2.75, 3.05) is 11.9 Å². The Bertz CT molecular complexity index is 540. The van der Waals surface area contributed by atoms with E-state index in [9.17, 15) is 4.79 Å². The highest BCUT2D eigenvalue weighted by Gasteiger charge is 2.00. The Morgan fingerprint density at radius 2 is 1.38 bits per heavy atom. The summed E-state index contributed by atoms with van der Waals surface area (Å²) in [5.74, 6) is 5.64. The van der Waals surface area contributed by atoms with Gasteiger partial charge in [-0.15, -0.1) is 11.8 Å². The van der Waals surface area contributed by atoms with Gasteiger partial charge >= 0.3 is 5.97 Å². The van der Waals surface area contributed by atoms with Gasteiger partial charge in [-0.2, -0.15) is 0 Å². The Labute approximate surface area is 159 Å². The predicted octanol–water partition coefficient (Wildman–Crippen LogP) is 6.50. The van der Waals surface area contributed by atoms with Gasteiger partial charge < -0.3 is 10.4 Å². The monoisotopic (exact) mass is 357 g/mol. The number of benzene rings is 1. The highest BCUT2D eigenvalue weighted by Crippen LogP contribution is 2.11. The summed E-state index contributed by atoms with van der Waals surface area (Å²) >= 11 is 0. The number of aromatic carboxylic acids is 1.